The smallest absolute Gasteiger partial charge is 0.306 e. The molecule has 5 rings (SSSR count). The largest absolute Gasteiger partial charge is 0.492 e. The molecule has 0 radical (unpaired) electrons. The molecule has 2 atom stereocenters. The highest BCUT2D eigenvalue weighted by molar-refractivity contribution is 5.73. The summed E-state index contributed by atoms with van der Waals surface area (Å²) in [6.45, 7) is 7.28. The normalized spacial score (nSPS) is 14.9. The van der Waals surface area contributed by atoms with Gasteiger partial charge in [0.25, 0.3) is 0 Å². The van der Waals surface area contributed by atoms with Gasteiger partial charge in [-0.25, -0.2) is 0 Å². The van der Waals surface area contributed by atoms with Crippen molar-refractivity contribution >= 4 is 5.97 Å². The van der Waals surface area contributed by atoms with E-state index >= 15 is 0 Å². The lowest BCUT2D eigenvalue weighted by Gasteiger charge is -2.15. The molecule has 0 saturated carbocycles. The Balaban J connectivity index is 1.27. The fraction of sp³-hybridized carbons (Fsp3) is 0.242. The van der Waals surface area contributed by atoms with Crippen molar-refractivity contribution in [2.24, 2.45) is 5.92 Å². The van der Waals surface area contributed by atoms with Gasteiger partial charge in [0.05, 0.1) is 12.5 Å². The summed E-state index contributed by atoms with van der Waals surface area (Å²) in [5.41, 5.74) is 7.78. The van der Waals surface area contributed by atoms with E-state index in [9.17, 15) is 9.90 Å². The van der Waals surface area contributed by atoms with Crippen molar-refractivity contribution in [1.82, 2.24) is 0 Å². The number of hydrogen-bond acceptors (Lipinski definition) is 4. The zero-order valence-electron chi connectivity index (χ0n) is 21.9. The van der Waals surface area contributed by atoms with Gasteiger partial charge >= 0.3 is 5.97 Å². The number of carboxylic acid groups (broad SMARTS) is 1. The first-order chi connectivity index (χ1) is 18.4. The average Bonchev–Trinajstić information content (AvgIpc) is 3.34. The lowest BCUT2D eigenvalue weighted by atomic mass is 9.89. The summed E-state index contributed by atoms with van der Waals surface area (Å²) in [5, 5.41) is 9.37. The van der Waals surface area contributed by atoms with E-state index in [-0.39, 0.29) is 5.92 Å². The molecule has 38 heavy (non-hydrogen) atoms. The monoisotopic (exact) mass is 508 g/mol. The van der Waals surface area contributed by atoms with Crippen LogP contribution in [0.2, 0.25) is 0 Å². The molecule has 0 saturated heterocycles. The van der Waals surface area contributed by atoms with Crippen LogP contribution in [0.3, 0.4) is 0 Å². The first-order valence-corrected chi connectivity index (χ1v) is 12.9. The second kappa shape index (κ2) is 11.0. The van der Waals surface area contributed by atoms with Crippen LogP contribution < -0.4 is 14.2 Å². The van der Waals surface area contributed by atoms with Crippen molar-refractivity contribution in [3.8, 4) is 28.4 Å². The van der Waals surface area contributed by atoms with Crippen LogP contribution in [0.25, 0.3) is 11.1 Å². The molecule has 0 bridgehead atoms. The molecule has 0 fully saturated rings. The third-order valence-corrected chi connectivity index (χ3v) is 7.17. The van der Waals surface area contributed by atoms with Gasteiger partial charge < -0.3 is 19.3 Å². The number of ether oxygens (including phenoxy) is 3. The molecule has 0 aromatic heterocycles. The van der Waals surface area contributed by atoms with Crippen LogP contribution in [-0.2, 0) is 18.0 Å². The number of rotatable bonds is 9. The highest BCUT2D eigenvalue weighted by Crippen LogP contribution is 2.40. The van der Waals surface area contributed by atoms with E-state index in [1.165, 1.54) is 5.56 Å². The highest BCUT2D eigenvalue weighted by Gasteiger charge is 2.33. The molecule has 1 N–H and O–H groups in total. The summed E-state index contributed by atoms with van der Waals surface area (Å²) < 4.78 is 17.9. The summed E-state index contributed by atoms with van der Waals surface area (Å²) in [6, 6.07) is 28.4. The third kappa shape index (κ3) is 5.52. The summed E-state index contributed by atoms with van der Waals surface area (Å²) >= 11 is 0. The van der Waals surface area contributed by atoms with Crippen molar-refractivity contribution in [2.75, 3.05) is 6.61 Å². The van der Waals surface area contributed by atoms with Crippen LogP contribution in [0.4, 0.5) is 0 Å². The zero-order valence-corrected chi connectivity index (χ0v) is 21.9. The Morgan fingerprint density at radius 2 is 1.55 bits per heavy atom. The van der Waals surface area contributed by atoms with Crippen molar-refractivity contribution in [3.05, 3.63) is 113 Å². The van der Waals surface area contributed by atoms with E-state index in [2.05, 4.69) is 62.4 Å². The molecular weight excluding hydrogens is 476 g/mol. The van der Waals surface area contributed by atoms with Crippen LogP contribution in [0, 0.1) is 19.8 Å². The zero-order chi connectivity index (χ0) is 26.6. The quantitative estimate of drug-likeness (QED) is 0.256. The van der Waals surface area contributed by atoms with E-state index in [4.69, 9.17) is 14.2 Å². The Hall–Kier alpha value is -4.25. The molecule has 194 valence electrons. The highest BCUT2D eigenvalue weighted by atomic mass is 16.5. The number of hydrogen-bond donors (Lipinski definition) is 1. The van der Waals surface area contributed by atoms with Gasteiger partial charge in [0.15, 0.2) is 0 Å². The Morgan fingerprint density at radius 1 is 0.868 bits per heavy atom. The molecule has 2 unspecified atom stereocenters. The maximum absolute atomic E-state index is 11.4. The molecule has 1 heterocycles. The molecular formula is C33H32O5. The van der Waals surface area contributed by atoms with Gasteiger partial charge in [-0.2, -0.15) is 0 Å². The molecule has 0 amide bonds. The van der Waals surface area contributed by atoms with Gasteiger partial charge in [0, 0.05) is 17.5 Å². The minimum absolute atomic E-state index is 0.144. The number of fused-ring (bicyclic) bond motifs is 1. The molecule has 4 aromatic carbocycles. The molecule has 1 aliphatic heterocycles. The maximum Gasteiger partial charge on any atom is 0.306 e. The van der Waals surface area contributed by atoms with E-state index in [0.29, 0.717) is 31.3 Å². The van der Waals surface area contributed by atoms with E-state index in [0.717, 1.165) is 39.1 Å². The second-order valence-corrected chi connectivity index (χ2v) is 9.94. The molecule has 0 spiro atoms. The number of aryl methyl sites for hydroxylation is 2. The standard InChI is InChI=1S/C33H32O5/c1-21-14-28(37-18-24-8-5-4-6-9-24)15-22(2)32(21)26-11-7-10-25(16-26)19-36-27-12-13-29-30(23(3)33(34)35)20-38-31(29)17-27/h4-17,23,30H,18-20H2,1-3H3,(H,34,35). The second-order valence-electron chi connectivity index (χ2n) is 9.94. The maximum atomic E-state index is 11.4. The molecule has 1 aliphatic rings. The van der Waals surface area contributed by atoms with E-state index in [1.807, 2.05) is 36.4 Å². The van der Waals surface area contributed by atoms with Crippen LogP contribution in [0.15, 0.2) is 84.9 Å². The van der Waals surface area contributed by atoms with Crippen molar-refractivity contribution in [2.45, 2.75) is 39.9 Å². The minimum Gasteiger partial charge on any atom is -0.492 e. The van der Waals surface area contributed by atoms with Crippen molar-refractivity contribution < 1.29 is 24.1 Å². The van der Waals surface area contributed by atoms with Gasteiger partial charge in [0.2, 0.25) is 0 Å². The molecule has 5 heteroatoms. The van der Waals surface area contributed by atoms with Gasteiger partial charge in [-0.15, -0.1) is 0 Å². The van der Waals surface area contributed by atoms with Crippen LogP contribution >= 0.6 is 0 Å². The van der Waals surface area contributed by atoms with Gasteiger partial charge in [-0.05, 0) is 71.5 Å². The number of carbonyl (C=O) groups is 1. The fourth-order valence-corrected chi connectivity index (χ4v) is 5.08. The number of aliphatic carboxylic acids is 1. The molecule has 5 nitrogen and oxygen atoms in total. The lowest BCUT2D eigenvalue weighted by Crippen LogP contribution is -2.19. The summed E-state index contributed by atoms with van der Waals surface area (Å²) in [4.78, 5) is 11.4. The van der Waals surface area contributed by atoms with E-state index in [1.54, 1.807) is 6.92 Å². The number of benzene rings is 4. The van der Waals surface area contributed by atoms with Crippen LogP contribution in [-0.4, -0.2) is 17.7 Å². The Morgan fingerprint density at radius 3 is 2.29 bits per heavy atom. The predicted molar refractivity (Wildman–Crippen MR) is 148 cm³/mol. The fourth-order valence-electron chi connectivity index (χ4n) is 5.08. The predicted octanol–water partition coefficient (Wildman–Crippen LogP) is 7.33. The first kappa shape index (κ1) is 25.4. The first-order valence-electron chi connectivity index (χ1n) is 12.9. The summed E-state index contributed by atoms with van der Waals surface area (Å²) in [6.07, 6.45) is 0. The molecule has 4 aromatic rings. The third-order valence-electron chi connectivity index (χ3n) is 7.17. The average molecular weight is 509 g/mol. The van der Waals surface area contributed by atoms with Gasteiger partial charge in [-0.1, -0.05) is 61.5 Å². The van der Waals surface area contributed by atoms with Crippen molar-refractivity contribution in [1.29, 1.82) is 0 Å². The topological polar surface area (TPSA) is 65.0 Å². The van der Waals surface area contributed by atoms with Crippen LogP contribution in [0.5, 0.6) is 17.2 Å². The van der Waals surface area contributed by atoms with Gasteiger partial charge in [0.1, 0.15) is 30.5 Å². The Kier molecular flexibility index (Phi) is 7.36. The van der Waals surface area contributed by atoms with Crippen molar-refractivity contribution in [3.63, 3.8) is 0 Å². The SMILES string of the molecule is Cc1cc(OCc2ccccc2)cc(C)c1-c1cccc(COc2ccc3c(c2)OCC3C(C)C(=O)O)c1. The summed E-state index contributed by atoms with van der Waals surface area (Å²) in [7, 11) is 0. The van der Waals surface area contributed by atoms with Gasteiger partial charge in [-0.3, -0.25) is 4.79 Å². The Bertz CT molecular complexity index is 1420. The summed E-state index contributed by atoms with van der Waals surface area (Å²) in [5.74, 6) is 0.814. The van der Waals surface area contributed by atoms with E-state index < -0.39 is 11.9 Å². The lowest BCUT2D eigenvalue weighted by molar-refractivity contribution is -0.142. The molecule has 0 aliphatic carbocycles. The van der Waals surface area contributed by atoms with Crippen LogP contribution in [0.1, 0.15) is 40.7 Å². The minimum atomic E-state index is -0.813. The number of carboxylic acids is 1. The Labute approximate surface area is 223 Å².